The van der Waals surface area contributed by atoms with Crippen LogP contribution in [0.1, 0.15) is 40.9 Å². The zero-order valence-electron chi connectivity index (χ0n) is 12.8. The fourth-order valence-electron chi connectivity index (χ4n) is 3.07. The van der Waals surface area contributed by atoms with Crippen molar-refractivity contribution >= 4 is 16.8 Å². The number of hydrogen-bond donors (Lipinski definition) is 3. The summed E-state index contributed by atoms with van der Waals surface area (Å²) in [5.74, 6) is 0.0214. The SMILES string of the molecule is Cc1[nH]c2ccc(C(=O)NCC[C@H]3CCCN3)cc2c1C. The van der Waals surface area contributed by atoms with Crippen molar-refractivity contribution in [3.63, 3.8) is 0 Å². The van der Waals surface area contributed by atoms with Crippen LogP contribution in [-0.2, 0) is 0 Å². The smallest absolute Gasteiger partial charge is 0.251 e. The van der Waals surface area contributed by atoms with Gasteiger partial charge in [-0.05, 0) is 63.4 Å². The van der Waals surface area contributed by atoms with Crippen molar-refractivity contribution in [3.8, 4) is 0 Å². The Balaban J connectivity index is 1.65. The van der Waals surface area contributed by atoms with Crippen molar-refractivity contribution in [2.45, 2.75) is 39.2 Å². The van der Waals surface area contributed by atoms with Crippen LogP contribution in [0.15, 0.2) is 18.2 Å². The van der Waals surface area contributed by atoms with Gasteiger partial charge in [0, 0.05) is 34.7 Å². The van der Waals surface area contributed by atoms with Crippen molar-refractivity contribution in [3.05, 3.63) is 35.0 Å². The second-order valence-corrected chi connectivity index (χ2v) is 5.97. The van der Waals surface area contributed by atoms with Gasteiger partial charge in [0.05, 0.1) is 0 Å². The molecule has 4 nitrogen and oxygen atoms in total. The van der Waals surface area contributed by atoms with Crippen molar-refractivity contribution in [2.75, 3.05) is 13.1 Å². The molecule has 1 aliphatic rings. The van der Waals surface area contributed by atoms with Gasteiger partial charge < -0.3 is 15.6 Å². The first-order valence-electron chi connectivity index (χ1n) is 7.75. The summed E-state index contributed by atoms with van der Waals surface area (Å²) in [6.45, 7) is 5.99. The lowest BCUT2D eigenvalue weighted by Crippen LogP contribution is -2.30. The maximum Gasteiger partial charge on any atom is 0.251 e. The highest BCUT2D eigenvalue weighted by molar-refractivity contribution is 5.99. The number of aryl methyl sites for hydroxylation is 2. The molecular formula is C17H23N3O. The zero-order valence-corrected chi connectivity index (χ0v) is 12.8. The molecule has 3 rings (SSSR count). The summed E-state index contributed by atoms with van der Waals surface area (Å²) >= 11 is 0. The molecule has 1 aliphatic heterocycles. The van der Waals surface area contributed by atoms with E-state index in [2.05, 4.69) is 29.5 Å². The minimum absolute atomic E-state index is 0.0214. The third-order valence-corrected chi connectivity index (χ3v) is 4.51. The van der Waals surface area contributed by atoms with E-state index in [0.29, 0.717) is 6.04 Å². The van der Waals surface area contributed by atoms with Gasteiger partial charge in [-0.3, -0.25) is 4.79 Å². The number of carbonyl (C=O) groups is 1. The Hall–Kier alpha value is -1.81. The molecule has 0 radical (unpaired) electrons. The Morgan fingerprint density at radius 3 is 3.00 bits per heavy atom. The maximum absolute atomic E-state index is 12.2. The van der Waals surface area contributed by atoms with Gasteiger partial charge in [0.25, 0.3) is 5.91 Å². The molecule has 2 heterocycles. The third-order valence-electron chi connectivity index (χ3n) is 4.51. The topological polar surface area (TPSA) is 56.9 Å². The molecule has 0 spiro atoms. The molecule has 4 heteroatoms. The Morgan fingerprint density at radius 2 is 2.24 bits per heavy atom. The minimum Gasteiger partial charge on any atom is -0.358 e. The molecule has 0 bridgehead atoms. The summed E-state index contributed by atoms with van der Waals surface area (Å²) in [6.07, 6.45) is 3.49. The molecule has 2 aromatic rings. The van der Waals surface area contributed by atoms with Gasteiger partial charge in [0.2, 0.25) is 0 Å². The Kier molecular flexibility index (Phi) is 3.97. The first kappa shape index (κ1) is 14.1. The molecule has 1 saturated heterocycles. The molecule has 3 N–H and O–H groups in total. The van der Waals surface area contributed by atoms with Crippen molar-refractivity contribution < 1.29 is 4.79 Å². The number of amides is 1. The number of nitrogens with one attached hydrogen (secondary N) is 3. The molecular weight excluding hydrogens is 262 g/mol. The van der Waals surface area contributed by atoms with Gasteiger partial charge in [-0.2, -0.15) is 0 Å². The number of H-pyrrole nitrogens is 1. The minimum atomic E-state index is 0.0214. The molecule has 1 atom stereocenters. The number of carbonyl (C=O) groups excluding carboxylic acids is 1. The van der Waals surface area contributed by atoms with Crippen LogP contribution in [0.5, 0.6) is 0 Å². The second kappa shape index (κ2) is 5.90. The van der Waals surface area contributed by atoms with Crippen LogP contribution in [0.4, 0.5) is 0 Å². The summed E-state index contributed by atoms with van der Waals surface area (Å²) < 4.78 is 0. The van der Waals surface area contributed by atoms with Gasteiger partial charge in [-0.15, -0.1) is 0 Å². The summed E-state index contributed by atoms with van der Waals surface area (Å²) in [5, 5.41) is 7.61. The van der Waals surface area contributed by atoms with Crippen LogP contribution in [0.25, 0.3) is 10.9 Å². The van der Waals surface area contributed by atoms with Crippen LogP contribution in [0, 0.1) is 13.8 Å². The molecule has 0 saturated carbocycles. The third kappa shape index (κ3) is 2.95. The largest absolute Gasteiger partial charge is 0.358 e. The molecule has 1 aromatic heterocycles. The Morgan fingerprint density at radius 1 is 1.38 bits per heavy atom. The van der Waals surface area contributed by atoms with E-state index in [4.69, 9.17) is 0 Å². The molecule has 1 aromatic carbocycles. The lowest BCUT2D eigenvalue weighted by molar-refractivity contribution is 0.0952. The molecule has 1 fully saturated rings. The van der Waals surface area contributed by atoms with E-state index in [1.807, 2.05) is 18.2 Å². The molecule has 0 unspecified atom stereocenters. The van der Waals surface area contributed by atoms with Crippen molar-refractivity contribution in [1.82, 2.24) is 15.6 Å². The van der Waals surface area contributed by atoms with E-state index >= 15 is 0 Å². The van der Waals surface area contributed by atoms with E-state index < -0.39 is 0 Å². The number of aromatic nitrogens is 1. The summed E-state index contributed by atoms with van der Waals surface area (Å²) in [4.78, 5) is 15.6. The van der Waals surface area contributed by atoms with Crippen LogP contribution in [0.2, 0.25) is 0 Å². The average Bonchev–Trinajstić information content (AvgIpc) is 3.08. The Bertz CT molecular complexity index is 653. The number of rotatable bonds is 4. The summed E-state index contributed by atoms with van der Waals surface area (Å²) in [7, 11) is 0. The molecule has 112 valence electrons. The normalized spacial score (nSPS) is 18.3. The first-order valence-corrected chi connectivity index (χ1v) is 7.75. The van der Waals surface area contributed by atoms with Gasteiger partial charge in [-0.25, -0.2) is 0 Å². The quantitative estimate of drug-likeness (QED) is 0.809. The monoisotopic (exact) mass is 285 g/mol. The highest BCUT2D eigenvalue weighted by Crippen LogP contribution is 2.22. The van der Waals surface area contributed by atoms with E-state index in [9.17, 15) is 4.79 Å². The molecule has 0 aliphatic carbocycles. The summed E-state index contributed by atoms with van der Waals surface area (Å²) in [5.41, 5.74) is 4.21. The number of aromatic amines is 1. The van der Waals surface area contributed by atoms with Crippen LogP contribution >= 0.6 is 0 Å². The number of fused-ring (bicyclic) bond motifs is 1. The first-order chi connectivity index (χ1) is 10.1. The standard InChI is InChI=1S/C17H23N3O/c1-11-12(2)20-16-6-5-13(10-15(11)16)17(21)19-9-7-14-4-3-8-18-14/h5-6,10,14,18,20H,3-4,7-9H2,1-2H3,(H,19,21)/t14-/m1/s1. The van der Waals surface area contributed by atoms with Crippen molar-refractivity contribution in [2.24, 2.45) is 0 Å². The van der Waals surface area contributed by atoms with Crippen LogP contribution < -0.4 is 10.6 Å². The number of hydrogen-bond acceptors (Lipinski definition) is 2. The predicted octanol–water partition coefficient (Wildman–Crippen LogP) is 2.66. The fourth-order valence-corrected chi connectivity index (χ4v) is 3.07. The highest BCUT2D eigenvalue weighted by atomic mass is 16.1. The highest BCUT2D eigenvalue weighted by Gasteiger charge is 2.14. The lowest BCUT2D eigenvalue weighted by Gasteiger charge is -2.10. The number of benzene rings is 1. The van der Waals surface area contributed by atoms with Crippen LogP contribution in [-0.4, -0.2) is 30.0 Å². The summed E-state index contributed by atoms with van der Waals surface area (Å²) in [6, 6.07) is 6.43. The van der Waals surface area contributed by atoms with Gasteiger partial charge in [-0.1, -0.05) is 0 Å². The lowest BCUT2D eigenvalue weighted by atomic mass is 10.1. The van der Waals surface area contributed by atoms with Gasteiger partial charge in [0.1, 0.15) is 0 Å². The maximum atomic E-state index is 12.2. The van der Waals surface area contributed by atoms with Gasteiger partial charge in [0.15, 0.2) is 0 Å². The molecule has 21 heavy (non-hydrogen) atoms. The molecule has 1 amide bonds. The Labute approximate surface area is 125 Å². The van der Waals surface area contributed by atoms with Crippen molar-refractivity contribution in [1.29, 1.82) is 0 Å². The average molecular weight is 285 g/mol. The predicted molar refractivity (Wildman–Crippen MR) is 85.7 cm³/mol. The van der Waals surface area contributed by atoms with E-state index in [-0.39, 0.29) is 5.91 Å². The van der Waals surface area contributed by atoms with E-state index in [0.717, 1.165) is 41.7 Å². The van der Waals surface area contributed by atoms with Crippen LogP contribution in [0.3, 0.4) is 0 Å². The van der Waals surface area contributed by atoms with Gasteiger partial charge >= 0.3 is 0 Å². The zero-order chi connectivity index (χ0) is 14.8. The second-order valence-electron chi connectivity index (χ2n) is 5.97. The van der Waals surface area contributed by atoms with E-state index in [1.54, 1.807) is 0 Å². The fraction of sp³-hybridized carbons (Fsp3) is 0.471. The van der Waals surface area contributed by atoms with E-state index in [1.165, 1.54) is 18.4 Å².